The molecule has 0 saturated carbocycles. The lowest BCUT2D eigenvalue weighted by molar-refractivity contribution is -0.123. The number of nitrogens with one attached hydrogen (secondary N) is 1. The second-order valence-corrected chi connectivity index (χ2v) is 4.43. The van der Waals surface area contributed by atoms with Gasteiger partial charge in [-0.25, -0.2) is 14.2 Å². The fourth-order valence-electron chi connectivity index (χ4n) is 1.70. The van der Waals surface area contributed by atoms with Gasteiger partial charge in [-0.3, -0.25) is 4.79 Å². The van der Waals surface area contributed by atoms with E-state index in [2.05, 4.69) is 10.5 Å². The van der Waals surface area contributed by atoms with Crippen LogP contribution in [0.4, 0.5) is 8.78 Å². The quantitative estimate of drug-likeness (QED) is 0.682. The van der Waals surface area contributed by atoms with E-state index in [1.165, 1.54) is 24.3 Å². The van der Waals surface area contributed by atoms with Crippen LogP contribution in [0.1, 0.15) is 12.5 Å². The molecule has 0 unspecified atom stereocenters. The smallest absolute Gasteiger partial charge is 0.277 e. The molecule has 0 heterocycles. The summed E-state index contributed by atoms with van der Waals surface area (Å²) in [5.74, 6) is -1.58. The standard InChI is InChI=1S/C16H14F2N2O2/c1-11(12-6-2-3-7-13(12)17)19-20-16(21)10-22-15-9-5-4-8-14(15)18/h2-9H,10H2,1H3,(H,20,21)/b19-11-. The molecule has 0 saturated heterocycles. The van der Waals surface area contributed by atoms with Crippen molar-refractivity contribution in [2.24, 2.45) is 5.10 Å². The first-order valence-corrected chi connectivity index (χ1v) is 6.53. The van der Waals surface area contributed by atoms with Crippen LogP contribution in [-0.2, 0) is 4.79 Å². The van der Waals surface area contributed by atoms with Gasteiger partial charge >= 0.3 is 0 Å². The summed E-state index contributed by atoms with van der Waals surface area (Å²) in [4.78, 5) is 11.6. The van der Waals surface area contributed by atoms with Crippen LogP contribution in [-0.4, -0.2) is 18.2 Å². The summed E-state index contributed by atoms with van der Waals surface area (Å²) >= 11 is 0. The lowest BCUT2D eigenvalue weighted by atomic mass is 10.1. The number of hydrazone groups is 1. The normalized spacial score (nSPS) is 11.1. The van der Waals surface area contributed by atoms with E-state index in [0.717, 1.165) is 0 Å². The Morgan fingerprint density at radius 2 is 1.73 bits per heavy atom. The first-order valence-electron chi connectivity index (χ1n) is 6.53. The monoisotopic (exact) mass is 304 g/mol. The highest BCUT2D eigenvalue weighted by Crippen LogP contribution is 2.14. The molecule has 22 heavy (non-hydrogen) atoms. The summed E-state index contributed by atoms with van der Waals surface area (Å²) in [5, 5.41) is 3.79. The molecule has 4 nitrogen and oxygen atoms in total. The third-order valence-corrected chi connectivity index (χ3v) is 2.81. The summed E-state index contributed by atoms with van der Waals surface area (Å²) < 4.78 is 31.8. The third-order valence-electron chi connectivity index (χ3n) is 2.81. The zero-order valence-corrected chi connectivity index (χ0v) is 11.8. The Hall–Kier alpha value is -2.76. The van der Waals surface area contributed by atoms with Crippen molar-refractivity contribution in [3.05, 3.63) is 65.7 Å². The maximum absolute atomic E-state index is 13.5. The molecule has 0 atom stereocenters. The van der Waals surface area contributed by atoms with Gasteiger partial charge in [0.15, 0.2) is 18.2 Å². The summed E-state index contributed by atoms with van der Waals surface area (Å²) in [7, 11) is 0. The average molecular weight is 304 g/mol. The number of halogens is 2. The zero-order valence-electron chi connectivity index (χ0n) is 11.8. The fourth-order valence-corrected chi connectivity index (χ4v) is 1.70. The molecule has 2 aromatic carbocycles. The van der Waals surface area contributed by atoms with Crippen LogP contribution >= 0.6 is 0 Å². The molecular formula is C16H14F2N2O2. The highest BCUT2D eigenvalue weighted by molar-refractivity contribution is 5.99. The molecule has 0 fully saturated rings. The van der Waals surface area contributed by atoms with Crippen molar-refractivity contribution in [1.29, 1.82) is 0 Å². The van der Waals surface area contributed by atoms with Crippen LogP contribution in [0.3, 0.4) is 0 Å². The van der Waals surface area contributed by atoms with E-state index in [9.17, 15) is 13.6 Å². The first kappa shape index (κ1) is 15.6. The second-order valence-electron chi connectivity index (χ2n) is 4.43. The van der Waals surface area contributed by atoms with Crippen LogP contribution < -0.4 is 10.2 Å². The minimum absolute atomic E-state index is 0.0209. The van der Waals surface area contributed by atoms with Gasteiger partial charge in [-0.1, -0.05) is 30.3 Å². The highest BCUT2D eigenvalue weighted by Gasteiger charge is 2.07. The van der Waals surface area contributed by atoms with E-state index < -0.39 is 24.1 Å². The van der Waals surface area contributed by atoms with Gasteiger partial charge in [0.2, 0.25) is 0 Å². The molecule has 1 amide bonds. The summed E-state index contributed by atoms with van der Waals surface area (Å²) in [5.41, 5.74) is 2.84. The van der Waals surface area contributed by atoms with E-state index in [-0.39, 0.29) is 11.3 Å². The van der Waals surface area contributed by atoms with Crippen molar-refractivity contribution >= 4 is 11.6 Å². The molecule has 2 rings (SSSR count). The molecule has 2 aromatic rings. The van der Waals surface area contributed by atoms with Crippen LogP contribution in [0.15, 0.2) is 53.6 Å². The summed E-state index contributed by atoms with van der Waals surface area (Å²) in [6.07, 6.45) is 0. The Morgan fingerprint density at radius 3 is 2.41 bits per heavy atom. The van der Waals surface area contributed by atoms with E-state index in [4.69, 9.17) is 4.74 Å². The van der Waals surface area contributed by atoms with Crippen LogP contribution in [0.25, 0.3) is 0 Å². The minimum Gasteiger partial charge on any atom is -0.481 e. The largest absolute Gasteiger partial charge is 0.481 e. The van der Waals surface area contributed by atoms with Gasteiger partial charge in [-0.2, -0.15) is 5.10 Å². The maximum Gasteiger partial charge on any atom is 0.277 e. The SMILES string of the molecule is C/C(=N/NC(=O)COc1ccccc1F)c1ccccc1F. The maximum atomic E-state index is 13.5. The van der Waals surface area contributed by atoms with E-state index in [0.29, 0.717) is 5.71 Å². The number of para-hydroxylation sites is 1. The zero-order chi connectivity index (χ0) is 15.9. The van der Waals surface area contributed by atoms with Gasteiger partial charge < -0.3 is 4.74 Å². The number of rotatable bonds is 5. The molecular weight excluding hydrogens is 290 g/mol. The lowest BCUT2D eigenvalue weighted by Crippen LogP contribution is -2.26. The van der Waals surface area contributed by atoms with Crippen LogP contribution in [0.2, 0.25) is 0 Å². The highest BCUT2D eigenvalue weighted by atomic mass is 19.1. The van der Waals surface area contributed by atoms with E-state index >= 15 is 0 Å². The lowest BCUT2D eigenvalue weighted by Gasteiger charge is -2.06. The molecule has 0 aromatic heterocycles. The van der Waals surface area contributed by atoms with Gasteiger partial charge in [-0.05, 0) is 25.1 Å². The molecule has 0 aliphatic heterocycles. The molecule has 1 N–H and O–H groups in total. The second kappa shape index (κ2) is 7.31. The van der Waals surface area contributed by atoms with Crippen molar-refractivity contribution in [1.82, 2.24) is 5.43 Å². The van der Waals surface area contributed by atoms with E-state index in [1.54, 1.807) is 31.2 Å². The Labute approximate surface area is 126 Å². The first-order chi connectivity index (χ1) is 10.6. The molecule has 0 aliphatic rings. The Balaban J connectivity index is 1.91. The number of carbonyl (C=O) groups is 1. The summed E-state index contributed by atoms with van der Waals surface area (Å²) in [6, 6.07) is 11.8. The van der Waals surface area contributed by atoms with Crippen molar-refractivity contribution < 1.29 is 18.3 Å². The third kappa shape index (κ3) is 4.12. The number of amides is 1. The molecule has 6 heteroatoms. The van der Waals surface area contributed by atoms with Gasteiger partial charge in [0.1, 0.15) is 5.82 Å². The van der Waals surface area contributed by atoms with Crippen LogP contribution in [0, 0.1) is 11.6 Å². The van der Waals surface area contributed by atoms with Crippen LogP contribution in [0.5, 0.6) is 5.75 Å². The van der Waals surface area contributed by atoms with Crippen molar-refractivity contribution in [3.63, 3.8) is 0 Å². The number of hydrogen-bond donors (Lipinski definition) is 1. The molecule has 0 spiro atoms. The number of benzene rings is 2. The van der Waals surface area contributed by atoms with Crippen molar-refractivity contribution in [2.45, 2.75) is 6.92 Å². The number of hydrogen-bond acceptors (Lipinski definition) is 3. The molecule has 0 bridgehead atoms. The van der Waals surface area contributed by atoms with Crippen molar-refractivity contribution in [2.75, 3.05) is 6.61 Å². The van der Waals surface area contributed by atoms with Gasteiger partial charge in [-0.15, -0.1) is 0 Å². The topological polar surface area (TPSA) is 50.7 Å². The number of ether oxygens (including phenoxy) is 1. The minimum atomic E-state index is -0.570. The van der Waals surface area contributed by atoms with Crippen molar-refractivity contribution in [3.8, 4) is 5.75 Å². The predicted molar refractivity (Wildman–Crippen MR) is 78.6 cm³/mol. The number of nitrogens with zero attached hydrogens (tertiary/aromatic N) is 1. The van der Waals surface area contributed by atoms with Gasteiger partial charge in [0.05, 0.1) is 5.71 Å². The molecule has 0 radical (unpaired) electrons. The molecule has 0 aliphatic carbocycles. The predicted octanol–water partition coefficient (Wildman–Crippen LogP) is 2.88. The Morgan fingerprint density at radius 1 is 1.09 bits per heavy atom. The fraction of sp³-hybridized carbons (Fsp3) is 0.125. The van der Waals surface area contributed by atoms with Gasteiger partial charge in [0.25, 0.3) is 5.91 Å². The Bertz CT molecular complexity index is 702. The average Bonchev–Trinajstić information content (AvgIpc) is 2.52. The van der Waals surface area contributed by atoms with E-state index in [1.807, 2.05) is 0 Å². The molecule has 114 valence electrons. The Kier molecular flexibility index (Phi) is 5.19. The summed E-state index contributed by atoms with van der Waals surface area (Å²) in [6.45, 7) is 1.17. The number of carbonyl (C=O) groups excluding carboxylic acids is 1. The van der Waals surface area contributed by atoms with Gasteiger partial charge in [0, 0.05) is 5.56 Å².